The number of hydrogen-bond acceptors (Lipinski definition) is 5. The fourth-order valence-corrected chi connectivity index (χ4v) is 2.79. The molecular formula is C19H26N2O5. The number of hydrogen-bond donors (Lipinski definition) is 0. The molecule has 0 saturated carbocycles. The van der Waals surface area contributed by atoms with Crippen molar-refractivity contribution in [1.82, 2.24) is 9.80 Å². The summed E-state index contributed by atoms with van der Waals surface area (Å²) in [4.78, 5) is 39.7. The molecular weight excluding hydrogens is 336 g/mol. The maximum absolute atomic E-state index is 12.6. The highest BCUT2D eigenvalue weighted by Gasteiger charge is 2.37. The smallest absolute Gasteiger partial charge is 0.410 e. The predicted octanol–water partition coefficient (Wildman–Crippen LogP) is 2.37. The third-order valence-electron chi connectivity index (χ3n) is 3.93. The van der Waals surface area contributed by atoms with Gasteiger partial charge in [-0.25, -0.2) is 9.59 Å². The molecule has 1 atom stereocenters. The van der Waals surface area contributed by atoms with Gasteiger partial charge >= 0.3 is 18.0 Å². The van der Waals surface area contributed by atoms with E-state index in [1.807, 2.05) is 51.1 Å². The SMILES string of the molecule is CCOC(=O)C(=O)N1CCN(C(=O)OC(C)(C)C)C(c2ccccc2)C1. The van der Waals surface area contributed by atoms with Crippen LogP contribution in [0.15, 0.2) is 30.3 Å². The van der Waals surface area contributed by atoms with Crippen molar-refractivity contribution in [2.75, 3.05) is 26.2 Å². The average Bonchev–Trinajstić information content (AvgIpc) is 2.60. The number of rotatable bonds is 2. The fraction of sp³-hybridized carbons (Fsp3) is 0.526. The normalized spacial score (nSPS) is 17.6. The summed E-state index contributed by atoms with van der Waals surface area (Å²) < 4.78 is 10.3. The third kappa shape index (κ3) is 4.97. The summed E-state index contributed by atoms with van der Waals surface area (Å²) in [6.07, 6.45) is -0.436. The molecule has 1 heterocycles. The summed E-state index contributed by atoms with van der Waals surface area (Å²) in [6.45, 7) is 7.96. The van der Waals surface area contributed by atoms with Gasteiger partial charge in [0.2, 0.25) is 0 Å². The number of nitrogens with zero attached hydrogens (tertiary/aromatic N) is 2. The van der Waals surface area contributed by atoms with Crippen LogP contribution in [0.5, 0.6) is 0 Å². The van der Waals surface area contributed by atoms with Gasteiger partial charge in [-0.2, -0.15) is 0 Å². The highest BCUT2D eigenvalue weighted by molar-refractivity contribution is 6.32. The number of esters is 1. The lowest BCUT2D eigenvalue weighted by Crippen LogP contribution is -2.54. The van der Waals surface area contributed by atoms with Gasteiger partial charge in [0.05, 0.1) is 12.6 Å². The Hall–Kier alpha value is -2.57. The van der Waals surface area contributed by atoms with Crippen LogP contribution >= 0.6 is 0 Å². The molecule has 26 heavy (non-hydrogen) atoms. The minimum atomic E-state index is -0.870. The van der Waals surface area contributed by atoms with Crippen molar-refractivity contribution >= 4 is 18.0 Å². The van der Waals surface area contributed by atoms with Crippen LogP contribution in [0, 0.1) is 0 Å². The van der Waals surface area contributed by atoms with Gasteiger partial charge in [-0.3, -0.25) is 9.69 Å². The van der Waals surface area contributed by atoms with E-state index in [4.69, 9.17) is 9.47 Å². The zero-order chi connectivity index (χ0) is 19.3. The lowest BCUT2D eigenvalue weighted by atomic mass is 10.0. The number of amides is 2. The average molecular weight is 362 g/mol. The van der Waals surface area contributed by atoms with E-state index in [0.29, 0.717) is 0 Å². The van der Waals surface area contributed by atoms with E-state index in [1.54, 1.807) is 11.8 Å². The number of piperazine rings is 1. The van der Waals surface area contributed by atoms with Crippen LogP contribution in [0.2, 0.25) is 0 Å². The van der Waals surface area contributed by atoms with Crippen molar-refractivity contribution in [3.8, 4) is 0 Å². The maximum Gasteiger partial charge on any atom is 0.410 e. The van der Waals surface area contributed by atoms with Gasteiger partial charge in [0.1, 0.15) is 5.60 Å². The molecule has 0 bridgehead atoms. The molecule has 1 saturated heterocycles. The van der Waals surface area contributed by atoms with Crippen LogP contribution in [0.3, 0.4) is 0 Å². The fourth-order valence-electron chi connectivity index (χ4n) is 2.79. The van der Waals surface area contributed by atoms with E-state index in [1.165, 1.54) is 4.90 Å². The minimum absolute atomic E-state index is 0.143. The minimum Gasteiger partial charge on any atom is -0.459 e. The van der Waals surface area contributed by atoms with Gasteiger partial charge in [0, 0.05) is 19.6 Å². The van der Waals surface area contributed by atoms with Crippen LogP contribution in [0.1, 0.15) is 39.3 Å². The molecule has 1 unspecified atom stereocenters. The molecule has 0 aromatic heterocycles. The van der Waals surface area contributed by atoms with Crippen LogP contribution in [-0.4, -0.2) is 59.6 Å². The number of carbonyl (C=O) groups excluding carboxylic acids is 3. The molecule has 1 aliphatic heterocycles. The molecule has 1 aromatic carbocycles. The molecule has 0 N–H and O–H groups in total. The Morgan fingerprint density at radius 2 is 1.77 bits per heavy atom. The molecule has 142 valence electrons. The Bertz CT molecular complexity index is 654. The Morgan fingerprint density at radius 3 is 2.35 bits per heavy atom. The zero-order valence-electron chi connectivity index (χ0n) is 15.7. The standard InChI is InChI=1S/C19H26N2O5/c1-5-25-17(23)16(22)20-11-12-21(18(24)26-19(2,3)4)15(13-20)14-9-7-6-8-10-14/h6-10,15H,5,11-13H2,1-4H3. The van der Waals surface area contributed by atoms with Crippen molar-refractivity contribution < 1.29 is 23.9 Å². The Labute approximate surface area is 153 Å². The molecule has 1 aliphatic rings. The lowest BCUT2D eigenvalue weighted by molar-refractivity contribution is -0.161. The molecule has 2 amide bonds. The van der Waals surface area contributed by atoms with Crippen molar-refractivity contribution in [3.05, 3.63) is 35.9 Å². The monoisotopic (exact) mass is 362 g/mol. The van der Waals surface area contributed by atoms with Crippen LogP contribution in [0.4, 0.5) is 4.79 Å². The molecule has 2 rings (SSSR count). The second kappa shape index (κ2) is 8.21. The van der Waals surface area contributed by atoms with E-state index < -0.39 is 29.6 Å². The first kappa shape index (κ1) is 19.8. The van der Waals surface area contributed by atoms with Crippen molar-refractivity contribution in [1.29, 1.82) is 0 Å². The lowest BCUT2D eigenvalue weighted by Gasteiger charge is -2.41. The predicted molar refractivity (Wildman–Crippen MR) is 95.3 cm³/mol. The quantitative estimate of drug-likeness (QED) is 0.596. The first-order valence-corrected chi connectivity index (χ1v) is 8.73. The van der Waals surface area contributed by atoms with Gasteiger partial charge in [-0.05, 0) is 33.3 Å². The maximum atomic E-state index is 12.6. The zero-order valence-corrected chi connectivity index (χ0v) is 15.7. The van der Waals surface area contributed by atoms with E-state index in [2.05, 4.69) is 0 Å². The van der Waals surface area contributed by atoms with Crippen molar-refractivity contribution in [2.45, 2.75) is 39.3 Å². The third-order valence-corrected chi connectivity index (χ3v) is 3.93. The highest BCUT2D eigenvalue weighted by atomic mass is 16.6. The summed E-state index contributed by atoms with van der Waals surface area (Å²) >= 11 is 0. The first-order valence-electron chi connectivity index (χ1n) is 8.73. The second-order valence-corrected chi connectivity index (χ2v) is 7.07. The summed E-state index contributed by atoms with van der Waals surface area (Å²) in [6, 6.07) is 9.01. The van der Waals surface area contributed by atoms with Crippen LogP contribution < -0.4 is 0 Å². The second-order valence-electron chi connectivity index (χ2n) is 7.07. The van der Waals surface area contributed by atoms with E-state index >= 15 is 0 Å². The highest BCUT2D eigenvalue weighted by Crippen LogP contribution is 2.27. The van der Waals surface area contributed by atoms with E-state index in [-0.39, 0.29) is 26.2 Å². The number of benzene rings is 1. The van der Waals surface area contributed by atoms with Crippen LogP contribution in [-0.2, 0) is 19.1 Å². The van der Waals surface area contributed by atoms with E-state index in [0.717, 1.165) is 5.56 Å². The number of ether oxygens (including phenoxy) is 2. The van der Waals surface area contributed by atoms with Crippen molar-refractivity contribution in [2.24, 2.45) is 0 Å². The Kier molecular flexibility index (Phi) is 6.23. The molecule has 1 aromatic rings. The van der Waals surface area contributed by atoms with Gasteiger partial charge in [0.25, 0.3) is 0 Å². The molecule has 7 heteroatoms. The molecule has 0 spiro atoms. The summed E-state index contributed by atoms with van der Waals surface area (Å²) in [5, 5.41) is 0. The van der Waals surface area contributed by atoms with E-state index in [9.17, 15) is 14.4 Å². The van der Waals surface area contributed by atoms with Gasteiger partial charge < -0.3 is 14.4 Å². The first-order chi connectivity index (χ1) is 12.2. The van der Waals surface area contributed by atoms with Gasteiger partial charge in [-0.15, -0.1) is 0 Å². The van der Waals surface area contributed by atoms with Gasteiger partial charge in [-0.1, -0.05) is 30.3 Å². The molecule has 0 radical (unpaired) electrons. The van der Waals surface area contributed by atoms with Crippen LogP contribution in [0.25, 0.3) is 0 Å². The van der Waals surface area contributed by atoms with Gasteiger partial charge in [0.15, 0.2) is 0 Å². The Balaban J connectivity index is 2.22. The largest absolute Gasteiger partial charge is 0.459 e. The molecule has 7 nitrogen and oxygen atoms in total. The Morgan fingerprint density at radius 1 is 1.12 bits per heavy atom. The summed E-state index contributed by atoms with van der Waals surface area (Å²) in [5.41, 5.74) is 0.260. The molecule has 1 fully saturated rings. The summed E-state index contributed by atoms with van der Waals surface area (Å²) in [7, 11) is 0. The summed E-state index contributed by atoms with van der Waals surface area (Å²) in [5.74, 6) is -1.55. The number of carbonyl (C=O) groups is 3. The van der Waals surface area contributed by atoms with Crippen molar-refractivity contribution in [3.63, 3.8) is 0 Å². The topological polar surface area (TPSA) is 76.2 Å². The molecule has 0 aliphatic carbocycles.